The number of amides is 4. The third-order valence-corrected chi connectivity index (χ3v) is 6.26. The number of rotatable bonds is 9. The van der Waals surface area contributed by atoms with Gasteiger partial charge in [0.05, 0.1) is 11.8 Å². The molecule has 166 valence electrons. The Labute approximate surface area is 183 Å². The van der Waals surface area contributed by atoms with Gasteiger partial charge >= 0.3 is 0 Å². The molecule has 1 aromatic rings. The van der Waals surface area contributed by atoms with Crippen molar-refractivity contribution in [1.29, 1.82) is 0 Å². The first-order valence-electron chi connectivity index (χ1n) is 11.0. The second-order valence-corrected chi connectivity index (χ2v) is 8.09. The van der Waals surface area contributed by atoms with Gasteiger partial charge in [-0.25, -0.2) is 0 Å². The highest BCUT2D eigenvalue weighted by molar-refractivity contribution is 6.05. The second-order valence-electron chi connectivity index (χ2n) is 8.09. The van der Waals surface area contributed by atoms with Gasteiger partial charge in [0.25, 0.3) is 0 Å². The highest BCUT2D eigenvalue weighted by atomic mass is 16.2. The van der Waals surface area contributed by atoms with Crippen molar-refractivity contribution in [2.75, 3.05) is 20.1 Å². The van der Waals surface area contributed by atoms with E-state index in [4.69, 9.17) is 0 Å². The molecule has 31 heavy (non-hydrogen) atoms. The molecule has 0 spiro atoms. The van der Waals surface area contributed by atoms with Crippen LogP contribution in [0.1, 0.15) is 38.2 Å². The normalized spacial score (nSPS) is 21.0. The fourth-order valence-electron chi connectivity index (χ4n) is 4.50. The zero-order chi connectivity index (χ0) is 22.4. The largest absolute Gasteiger partial charge is 0.357 e. The molecule has 0 saturated carbocycles. The highest BCUT2D eigenvalue weighted by Gasteiger charge is 2.47. The molecule has 1 aliphatic heterocycles. The Morgan fingerprint density at radius 1 is 1.10 bits per heavy atom. The summed E-state index contributed by atoms with van der Waals surface area (Å²) in [6.07, 6.45) is 6.18. The highest BCUT2D eigenvalue weighted by Crippen LogP contribution is 2.35. The van der Waals surface area contributed by atoms with Gasteiger partial charge in [-0.15, -0.1) is 0 Å². The van der Waals surface area contributed by atoms with Crippen molar-refractivity contribution in [2.45, 2.75) is 45.1 Å². The molecule has 4 amide bonds. The lowest BCUT2D eigenvalue weighted by molar-refractivity contribution is -0.143. The fourth-order valence-corrected chi connectivity index (χ4v) is 4.50. The van der Waals surface area contributed by atoms with Gasteiger partial charge < -0.3 is 10.2 Å². The molecule has 1 fully saturated rings. The zero-order valence-corrected chi connectivity index (χ0v) is 18.3. The van der Waals surface area contributed by atoms with E-state index in [-0.39, 0.29) is 48.4 Å². The summed E-state index contributed by atoms with van der Waals surface area (Å²) in [7, 11) is 1.56. The SMILES string of the molecule is CC[C@H](C(=O)NC)N(CCc1ccccc1)C(=O)CCN1C(=O)[C@H]2CC=CC[C@H]2C1=O. The Balaban J connectivity index is 1.68. The van der Waals surface area contributed by atoms with E-state index in [1.165, 1.54) is 4.90 Å². The van der Waals surface area contributed by atoms with Crippen molar-refractivity contribution in [1.82, 2.24) is 15.1 Å². The summed E-state index contributed by atoms with van der Waals surface area (Å²) >= 11 is 0. The van der Waals surface area contributed by atoms with Crippen LogP contribution in [0.4, 0.5) is 0 Å². The van der Waals surface area contributed by atoms with E-state index in [0.29, 0.717) is 32.2 Å². The van der Waals surface area contributed by atoms with E-state index in [1.54, 1.807) is 11.9 Å². The first-order chi connectivity index (χ1) is 15.0. The van der Waals surface area contributed by atoms with Crippen LogP contribution in [0.5, 0.6) is 0 Å². The van der Waals surface area contributed by atoms with Gasteiger partial charge in [0, 0.05) is 26.6 Å². The minimum absolute atomic E-state index is 0.0205. The Morgan fingerprint density at radius 2 is 1.71 bits per heavy atom. The third-order valence-electron chi connectivity index (χ3n) is 6.26. The first kappa shape index (κ1) is 22.7. The molecule has 1 aliphatic carbocycles. The number of hydrogen-bond donors (Lipinski definition) is 1. The number of likely N-dealkylation sites (N-methyl/N-ethyl adjacent to an activating group) is 1. The number of likely N-dealkylation sites (tertiary alicyclic amines) is 1. The van der Waals surface area contributed by atoms with Crippen molar-refractivity contribution >= 4 is 23.6 Å². The predicted octanol–water partition coefficient (Wildman–Crippen LogP) is 1.92. The molecule has 0 aromatic heterocycles. The van der Waals surface area contributed by atoms with Crippen LogP contribution in [0, 0.1) is 11.8 Å². The average molecular weight is 426 g/mol. The maximum atomic E-state index is 13.2. The van der Waals surface area contributed by atoms with E-state index in [2.05, 4.69) is 5.32 Å². The molecule has 0 bridgehead atoms. The maximum Gasteiger partial charge on any atom is 0.242 e. The van der Waals surface area contributed by atoms with Gasteiger partial charge in [-0.2, -0.15) is 0 Å². The van der Waals surface area contributed by atoms with Crippen LogP contribution >= 0.6 is 0 Å². The summed E-state index contributed by atoms with van der Waals surface area (Å²) in [4.78, 5) is 53.7. The first-order valence-corrected chi connectivity index (χ1v) is 11.0. The number of carbonyl (C=O) groups is 4. The summed E-state index contributed by atoms with van der Waals surface area (Å²) in [5, 5.41) is 2.64. The summed E-state index contributed by atoms with van der Waals surface area (Å²) in [6.45, 7) is 2.33. The van der Waals surface area contributed by atoms with Gasteiger partial charge in [0.1, 0.15) is 6.04 Å². The Morgan fingerprint density at radius 3 is 2.26 bits per heavy atom. The fraction of sp³-hybridized carbons (Fsp3) is 0.500. The Hall–Kier alpha value is -2.96. The van der Waals surface area contributed by atoms with E-state index in [0.717, 1.165) is 5.56 Å². The lowest BCUT2D eigenvalue weighted by Crippen LogP contribution is -2.50. The molecule has 7 heteroatoms. The molecule has 1 N–H and O–H groups in total. The Kier molecular flexibility index (Phi) is 7.60. The average Bonchev–Trinajstić information content (AvgIpc) is 3.05. The topological polar surface area (TPSA) is 86.8 Å². The summed E-state index contributed by atoms with van der Waals surface area (Å²) in [5.74, 6) is -1.39. The van der Waals surface area contributed by atoms with Gasteiger partial charge in [-0.1, -0.05) is 49.4 Å². The van der Waals surface area contributed by atoms with Crippen molar-refractivity contribution < 1.29 is 19.2 Å². The molecular weight excluding hydrogens is 394 g/mol. The van der Waals surface area contributed by atoms with Gasteiger partial charge in [-0.05, 0) is 31.2 Å². The molecule has 1 heterocycles. The molecule has 1 saturated heterocycles. The van der Waals surface area contributed by atoms with E-state index in [9.17, 15) is 19.2 Å². The zero-order valence-electron chi connectivity index (χ0n) is 18.3. The lowest BCUT2D eigenvalue weighted by Gasteiger charge is -2.30. The molecule has 1 aromatic carbocycles. The summed E-state index contributed by atoms with van der Waals surface area (Å²) in [5.41, 5.74) is 1.08. The van der Waals surface area contributed by atoms with Crippen molar-refractivity contribution in [3.8, 4) is 0 Å². The monoisotopic (exact) mass is 425 g/mol. The quantitative estimate of drug-likeness (QED) is 0.484. The van der Waals surface area contributed by atoms with Crippen LogP contribution in [0.3, 0.4) is 0 Å². The van der Waals surface area contributed by atoms with Crippen LogP contribution in [0.25, 0.3) is 0 Å². The molecule has 0 unspecified atom stereocenters. The van der Waals surface area contributed by atoms with Crippen molar-refractivity contribution in [3.05, 3.63) is 48.0 Å². The molecule has 2 aliphatic rings. The van der Waals surface area contributed by atoms with Crippen LogP contribution in [0.2, 0.25) is 0 Å². The third kappa shape index (κ3) is 5.03. The minimum Gasteiger partial charge on any atom is -0.357 e. The molecule has 3 rings (SSSR count). The number of allylic oxidation sites excluding steroid dienone is 2. The standard InChI is InChI=1S/C24H31N3O4/c1-3-20(22(29)25-2)26(15-13-17-9-5-4-6-10-17)21(28)14-16-27-23(30)18-11-7-8-12-19(18)24(27)31/h4-10,18-20H,3,11-16H2,1-2H3,(H,25,29)/t18-,19+,20-/m1/s1. The van der Waals surface area contributed by atoms with E-state index in [1.807, 2.05) is 49.4 Å². The van der Waals surface area contributed by atoms with Crippen LogP contribution in [0.15, 0.2) is 42.5 Å². The number of imide groups is 1. The van der Waals surface area contributed by atoms with Gasteiger partial charge in [0.15, 0.2) is 0 Å². The Bertz CT molecular complexity index is 826. The summed E-state index contributed by atoms with van der Waals surface area (Å²) < 4.78 is 0. The predicted molar refractivity (Wildman–Crippen MR) is 117 cm³/mol. The van der Waals surface area contributed by atoms with E-state index < -0.39 is 6.04 Å². The van der Waals surface area contributed by atoms with E-state index >= 15 is 0 Å². The van der Waals surface area contributed by atoms with Crippen molar-refractivity contribution in [3.63, 3.8) is 0 Å². The van der Waals surface area contributed by atoms with Crippen LogP contribution < -0.4 is 5.32 Å². The number of benzene rings is 1. The molecular formula is C24H31N3O4. The lowest BCUT2D eigenvalue weighted by atomic mass is 9.85. The number of hydrogen-bond acceptors (Lipinski definition) is 4. The molecule has 0 radical (unpaired) electrons. The number of fused-ring (bicyclic) bond motifs is 1. The number of nitrogens with zero attached hydrogens (tertiary/aromatic N) is 2. The van der Waals surface area contributed by atoms with Gasteiger partial charge in [-0.3, -0.25) is 24.1 Å². The smallest absolute Gasteiger partial charge is 0.242 e. The van der Waals surface area contributed by atoms with Crippen LogP contribution in [-0.4, -0.2) is 59.6 Å². The summed E-state index contributed by atoms with van der Waals surface area (Å²) in [6, 6.07) is 9.20. The van der Waals surface area contributed by atoms with Crippen molar-refractivity contribution in [2.24, 2.45) is 11.8 Å². The molecule has 7 nitrogen and oxygen atoms in total. The second kappa shape index (κ2) is 10.4. The molecule has 3 atom stereocenters. The number of carbonyl (C=O) groups excluding carboxylic acids is 4. The maximum absolute atomic E-state index is 13.2. The van der Waals surface area contributed by atoms with Crippen LogP contribution in [-0.2, 0) is 25.6 Å². The minimum atomic E-state index is -0.585. The number of nitrogens with one attached hydrogen (secondary N) is 1. The van der Waals surface area contributed by atoms with Gasteiger partial charge in [0.2, 0.25) is 23.6 Å².